The molecule has 0 atom stereocenters. The zero-order valence-corrected chi connectivity index (χ0v) is 11.5. The standard InChI is InChI=1S/C15H18N2O3/c1-2-17(13-5-6-13)15(20)16-8-11-4-3-10(14(18)19)7-12(11)9-16/h3-4,7,13H,2,5-6,8-9H2,1H3,(H,18,19). The Morgan fingerprint density at radius 3 is 2.60 bits per heavy atom. The van der Waals surface area contributed by atoms with E-state index in [4.69, 9.17) is 5.11 Å². The lowest BCUT2D eigenvalue weighted by Gasteiger charge is -2.26. The molecule has 1 N–H and O–H groups in total. The quantitative estimate of drug-likeness (QED) is 0.920. The summed E-state index contributed by atoms with van der Waals surface area (Å²) in [6, 6.07) is 5.58. The van der Waals surface area contributed by atoms with Gasteiger partial charge in [-0.05, 0) is 43.0 Å². The van der Waals surface area contributed by atoms with E-state index < -0.39 is 5.97 Å². The van der Waals surface area contributed by atoms with Crippen LogP contribution in [-0.2, 0) is 13.1 Å². The topological polar surface area (TPSA) is 60.9 Å². The van der Waals surface area contributed by atoms with E-state index in [1.807, 2.05) is 17.9 Å². The number of carbonyl (C=O) groups excluding carboxylic acids is 1. The Bertz CT molecular complexity index is 566. The minimum Gasteiger partial charge on any atom is -0.478 e. The van der Waals surface area contributed by atoms with Crippen LogP contribution in [-0.4, -0.2) is 39.5 Å². The summed E-state index contributed by atoms with van der Waals surface area (Å²) >= 11 is 0. The van der Waals surface area contributed by atoms with Crippen molar-refractivity contribution in [2.24, 2.45) is 0 Å². The third-order valence-electron chi connectivity index (χ3n) is 4.02. The number of hydrogen-bond acceptors (Lipinski definition) is 2. The van der Waals surface area contributed by atoms with Crippen LogP contribution in [0, 0.1) is 0 Å². The van der Waals surface area contributed by atoms with Crippen LogP contribution in [0.4, 0.5) is 4.79 Å². The fourth-order valence-electron chi connectivity index (χ4n) is 2.78. The molecule has 106 valence electrons. The van der Waals surface area contributed by atoms with Crippen LogP contribution in [0.5, 0.6) is 0 Å². The summed E-state index contributed by atoms with van der Waals surface area (Å²) in [4.78, 5) is 27.2. The van der Waals surface area contributed by atoms with Crippen LogP contribution < -0.4 is 0 Å². The summed E-state index contributed by atoms with van der Waals surface area (Å²) in [5, 5.41) is 9.01. The van der Waals surface area contributed by atoms with Crippen LogP contribution >= 0.6 is 0 Å². The average molecular weight is 274 g/mol. The maximum Gasteiger partial charge on any atom is 0.335 e. The normalized spacial score (nSPS) is 16.9. The number of carboxylic acids is 1. The van der Waals surface area contributed by atoms with Crippen molar-refractivity contribution in [3.8, 4) is 0 Å². The first kappa shape index (κ1) is 13.0. The van der Waals surface area contributed by atoms with E-state index in [1.165, 1.54) is 0 Å². The van der Waals surface area contributed by atoms with Gasteiger partial charge < -0.3 is 14.9 Å². The van der Waals surface area contributed by atoms with Crippen LogP contribution in [0.25, 0.3) is 0 Å². The van der Waals surface area contributed by atoms with Crippen molar-refractivity contribution in [3.63, 3.8) is 0 Å². The van der Waals surface area contributed by atoms with Gasteiger partial charge in [0.05, 0.1) is 5.56 Å². The molecule has 0 radical (unpaired) electrons. The van der Waals surface area contributed by atoms with Crippen LogP contribution in [0.15, 0.2) is 18.2 Å². The SMILES string of the molecule is CCN(C(=O)N1Cc2ccc(C(=O)O)cc2C1)C1CC1. The highest BCUT2D eigenvalue weighted by Crippen LogP contribution is 2.30. The number of fused-ring (bicyclic) bond motifs is 1. The van der Waals surface area contributed by atoms with Gasteiger partial charge in [0.2, 0.25) is 0 Å². The molecule has 20 heavy (non-hydrogen) atoms. The number of benzene rings is 1. The van der Waals surface area contributed by atoms with E-state index in [0.29, 0.717) is 19.1 Å². The lowest BCUT2D eigenvalue weighted by molar-refractivity contribution is 0.0696. The number of amides is 2. The number of urea groups is 1. The number of nitrogens with zero attached hydrogens (tertiary/aromatic N) is 2. The van der Waals surface area contributed by atoms with Crippen molar-refractivity contribution in [1.29, 1.82) is 0 Å². The van der Waals surface area contributed by atoms with Gasteiger partial charge in [0.25, 0.3) is 0 Å². The fraction of sp³-hybridized carbons (Fsp3) is 0.467. The van der Waals surface area contributed by atoms with E-state index in [1.54, 1.807) is 17.0 Å². The number of carbonyl (C=O) groups is 2. The summed E-state index contributed by atoms with van der Waals surface area (Å²) < 4.78 is 0. The minimum atomic E-state index is -0.925. The molecule has 0 bridgehead atoms. The number of aromatic carboxylic acids is 1. The van der Waals surface area contributed by atoms with Gasteiger partial charge in [-0.25, -0.2) is 9.59 Å². The molecular weight excluding hydrogens is 256 g/mol. The number of carboxylic acid groups (broad SMARTS) is 1. The van der Waals surface area contributed by atoms with Crippen molar-refractivity contribution in [1.82, 2.24) is 9.80 Å². The second-order valence-electron chi connectivity index (χ2n) is 5.44. The fourth-order valence-corrected chi connectivity index (χ4v) is 2.78. The van der Waals surface area contributed by atoms with Gasteiger partial charge in [-0.1, -0.05) is 6.07 Å². The number of rotatable bonds is 3. The molecule has 1 aliphatic carbocycles. The Morgan fingerprint density at radius 2 is 2.00 bits per heavy atom. The van der Waals surface area contributed by atoms with E-state index >= 15 is 0 Å². The zero-order chi connectivity index (χ0) is 14.3. The molecule has 0 aromatic heterocycles. The van der Waals surface area contributed by atoms with E-state index in [9.17, 15) is 9.59 Å². The van der Waals surface area contributed by atoms with Gasteiger partial charge >= 0.3 is 12.0 Å². The molecule has 1 heterocycles. The highest BCUT2D eigenvalue weighted by atomic mass is 16.4. The molecule has 1 aromatic carbocycles. The lowest BCUT2D eigenvalue weighted by atomic mass is 10.1. The summed E-state index contributed by atoms with van der Waals surface area (Å²) in [5.41, 5.74) is 2.29. The Morgan fingerprint density at radius 1 is 1.30 bits per heavy atom. The van der Waals surface area contributed by atoms with Gasteiger partial charge in [0, 0.05) is 25.7 Å². The van der Waals surface area contributed by atoms with Crippen molar-refractivity contribution >= 4 is 12.0 Å². The Kier molecular flexibility index (Phi) is 3.12. The Balaban J connectivity index is 1.76. The van der Waals surface area contributed by atoms with Crippen LogP contribution in [0.1, 0.15) is 41.3 Å². The van der Waals surface area contributed by atoms with Gasteiger partial charge in [0.1, 0.15) is 0 Å². The van der Waals surface area contributed by atoms with E-state index in [2.05, 4.69) is 0 Å². The monoisotopic (exact) mass is 274 g/mol. The molecule has 2 amide bonds. The highest BCUT2D eigenvalue weighted by Gasteiger charge is 2.35. The maximum absolute atomic E-state index is 12.5. The first-order chi connectivity index (χ1) is 9.60. The van der Waals surface area contributed by atoms with Gasteiger partial charge in [-0.2, -0.15) is 0 Å². The molecule has 2 aliphatic rings. The molecule has 5 nitrogen and oxygen atoms in total. The Hall–Kier alpha value is -2.04. The molecule has 1 saturated carbocycles. The summed E-state index contributed by atoms with van der Waals surface area (Å²) in [6.45, 7) is 3.83. The van der Waals surface area contributed by atoms with Crippen molar-refractivity contribution in [2.45, 2.75) is 38.9 Å². The smallest absolute Gasteiger partial charge is 0.335 e. The van der Waals surface area contributed by atoms with E-state index in [0.717, 1.165) is 30.5 Å². The van der Waals surface area contributed by atoms with Gasteiger partial charge in [-0.3, -0.25) is 0 Å². The van der Waals surface area contributed by atoms with Crippen LogP contribution in [0.3, 0.4) is 0 Å². The highest BCUT2D eigenvalue weighted by molar-refractivity contribution is 5.88. The summed E-state index contributed by atoms with van der Waals surface area (Å²) in [7, 11) is 0. The molecule has 0 unspecified atom stereocenters. The second kappa shape index (κ2) is 4.81. The molecule has 3 rings (SSSR count). The summed E-state index contributed by atoms with van der Waals surface area (Å²) in [6.07, 6.45) is 2.20. The average Bonchev–Trinajstić information content (AvgIpc) is 3.16. The van der Waals surface area contributed by atoms with Crippen molar-refractivity contribution < 1.29 is 14.7 Å². The molecule has 5 heteroatoms. The third kappa shape index (κ3) is 2.24. The van der Waals surface area contributed by atoms with Crippen molar-refractivity contribution in [3.05, 3.63) is 34.9 Å². The largest absolute Gasteiger partial charge is 0.478 e. The zero-order valence-electron chi connectivity index (χ0n) is 11.5. The van der Waals surface area contributed by atoms with Crippen molar-refractivity contribution in [2.75, 3.05) is 6.54 Å². The molecule has 1 aromatic rings. The second-order valence-corrected chi connectivity index (χ2v) is 5.44. The molecule has 1 aliphatic heterocycles. The molecule has 0 saturated heterocycles. The summed E-state index contributed by atoms with van der Waals surface area (Å²) in [5.74, 6) is -0.925. The van der Waals surface area contributed by atoms with Gasteiger partial charge in [0.15, 0.2) is 0 Å². The Labute approximate surface area is 117 Å². The minimum absolute atomic E-state index is 0.0723. The lowest BCUT2D eigenvalue weighted by Crippen LogP contribution is -2.41. The van der Waals surface area contributed by atoms with Crippen LogP contribution in [0.2, 0.25) is 0 Å². The van der Waals surface area contributed by atoms with E-state index in [-0.39, 0.29) is 11.6 Å². The maximum atomic E-state index is 12.5. The first-order valence-electron chi connectivity index (χ1n) is 7.00. The third-order valence-corrected chi connectivity index (χ3v) is 4.02. The predicted molar refractivity (Wildman–Crippen MR) is 73.4 cm³/mol. The molecule has 0 spiro atoms. The van der Waals surface area contributed by atoms with Gasteiger partial charge in [-0.15, -0.1) is 0 Å². The first-order valence-corrected chi connectivity index (χ1v) is 7.00. The molecule has 1 fully saturated rings. The number of hydrogen-bond donors (Lipinski definition) is 1. The molecular formula is C15H18N2O3. The predicted octanol–water partition coefficient (Wildman–Crippen LogP) is 2.30.